The molecule has 1 aromatic heterocycles. The number of hydrogen-bond donors (Lipinski definition) is 1. The minimum atomic E-state index is 0.180. The van der Waals surface area contributed by atoms with E-state index in [0.717, 1.165) is 25.2 Å². The quantitative estimate of drug-likeness (QED) is 0.853. The lowest BCUT2D eigenvalue weighted by atomic mass is 10.1. The van der Waals surface area contributed by atoms with Gasteiger partial charge in [0.05, 0.1) is 19.2 Å². The van der Waals surface area contributed by atoms with Crippen LogP contribution in [0.5, 0.6) is 5.88 Å². The standard InChI is InChI=1S/C12H18N4O2/c1-15-12(18-2)7-10(14-15)13-8-6-11(17)16-5-3-4-9(8)16/h7-9H,3-6H2,1-2H3,(H,13,14). The number of amides is 1. The Hall–Kier alpha value is -1.72. The zero-order valence-electron chi connectivity index (χ0n) is 10.7. The van der Waals surface area contributed by atoms with Crippen LogP contribution in [0.3, 0.4) is 0 Å². The zero-order chi connectivity index (χ0) is 12.7. The second-order valence-corrected chi connectivity index (χ2v) is 4.95. The van der Waals surface area contributed by atoms with Crippen molar-refractivity contribution in [1.29, 1.82) is 0 Å². The monoisotopic (exact) mass is 250 g/mol. The molecule has 6 nitrogen and oxygen atoms in total. The lowest BCUT2D eigenvalue weighted by molar-refractivity contribution is -0.127. The first-order valence-corrected chi connectivity index (χ1v) is 6.33. The summed E-state index contributed by atoms with van der Waals surface area (Å²) in [6.45, 7) is 0.910. The van der Waals surface area contributed by atoms with E-state index in [4.69, 9.17) is 4.74 Å². The van der Waals surface area contributed by atoms with Crippen LogP contribution in [0.2, 0.25) is 0 Å². The summed E-state index contributed by atoms with van der Waals surface area (Å²) in [4.78, 5) is 13.8. The maximum absolute atomic E-state index is 11.8. The van der Waals surface area contributed by atoms with Crippen LogP contribution >= 0.6 is 0 Å². The van der Waals surface area contributed by atoms with Crippen LogP contribution in [0.25, 0.3) is 0 Å². The summed E-state index contributed by atoms with van der Waals surface area (Å²) in [5.41, 5.74) is 0. The average molecular weight is 250 g/mol. The minimum absolute atomic E-state index is 0.180. The number of hydrogen-bond acceptors (Lipinski definition) is 4. The van der Waals surface area contributed by atoms with E-state index in [9.17, 15) is 4.79 Å². The molecule has 2 unspecified atom stereocenters. The third-order valence-electron chi connectivity index (χ3n) is 3.86. The Morgan fingerprint density at radius 3 is 3.11 bits per heavy atom. The Kier molecular flexibility index (Phi) is 2.65. The molecular weight excluding hydrogens is 232 g/mol. The van der Waals surface area contributed by atoms with Gasteiger partial charge in [0.15, 0.2) is 5.82 Å². The Morgan fingerprint density at radius 1 is 1.56 bits per heavy atom. The second kappa shape index (κ2) is 4.19. The van der Waals surface area contributed by atoms with Crippen molar-refractivity contribution in [1.82, 2.24) is 14.7 Å². The van der Waals surface area contributed by atoms with Gasteiger partial charge >= 0.3 is 0 Å². The maximum Gasteiger partial charge on any atom is 0.225 e. The van der Waals surface area contributed by atoms with Crippen molar-refractivity contribution >= 4 is 11.7 Å². The first-order valence-electron chi connectivity index (χ1n) is 6.33. The van der Waals surface area contributed by atoms with Crippen LogP contribution in [0.15, 0.2) is 6.07 Å². The van der Waals surface area contributed by atoms with Gasteiger partial charge in [0.25, 0.3) is 0 Å². The fourth-order valence-corrected chi connectivity index (χ4v) is 3.01. The fraction of sp³-hybridized carbons (Fsp3) is 0.667. The molecule has 0 radical (unpaired) electrons. The van der Waals surface area contributed by atoms with Gasteiger partial charge in [-0.2, -0.15) is 5.10 Å². The number of nitrogens with one attached hydrogen (secondary N) is 1. The lowest BCUT2D eigenvalue weighted by Crippen LogP contribution is -2.34. The molecule has 1 N–H and O–H groups in total. The van der Waals surface area contributed by atoms with Gasteiger partial charge in [-0.3, -0.25) is 4.79 Å². The molecule has 2 aliphatic rings. The van der Waals surface area contributed by atoms with Gasteiger partial charge in [0.2, 0.25) is 11.8 Å². The minimum Gasteiger partial charge on any atom is -0.481 e. The number of methoxy groups -OCH3 is 1. The molecule has 3 heterocycles. The van der Waals surface area contributed by atoms with Gasteiger partial charge in [-0.15, -0.1) is 0 Å². The zero-order valence-corrected chi connectivity index (χ0v) is 10.7. The van der Waals surface area contributed by atoms with E-state index in [0.29, 0.717) is 18.3 Å². The smallest absolute Gasteiger partial charge is 0.225 e. The van der Waals surface area contributed by atoms with E-state index in [-0.39, 0.29) is 11.9 Å². The molecule has 0 saturated carbocycles. The number of nitrogens with zero attached hydrogens (tertiary/aromatic N) is 3. The first kappa shape index (κ1) is 11.4. The van der Waals surface area contributed by atoms with Crippen molar-refractivity contribution < 1.29 is 9.53 Å². The summed E-state index contributed by atoms with van der Waals surface area (Å²) < 4.78 is 6.87. The molecule has 1 aromatic rings. The van der Waals surface area contributed by atoms with Crippen LogP contribution in [0.4, 0.5) is 5.82 Å². The largest absolute Gasteiger partial charge is 0.481 e. The molecule has 18 heavy (non-hydrogen) atoms. The highest BCUT2D eigenvalue weighted by Crippen LogP contribution is 2.31. The molecule has 2 fully saturated rings. The molecule has 1 amide bonds. The highest BCUT2D eigenvalue weighted by atomic mass is 16.5. The predicted octanol–water partition coefficient (Wildman–Crippen LogP) is 0.604. The van der Waals surface area contributed by atoms with E-state index in [2.05, 4.69) is 10.4 Å². The van der Waals surface area contributed by atoms with E-state index in [1.165, 1.54) is 0 Å². The number of fused-ring (bicyclic) bond motifs is 1. The van der Waals surface area contributed by atoms with E-state index in [1.807, 2.05) is 18.0 Å². The summed E-state index contributed by atoms with van der Waals surface area (Å²) >= 11 is 0. The maximum atomic E-state index is 11.8. The van der Waals surface area contributed by atoms with Crippen LogP contribution in [0.1, 0.15) is 19.3 Å². The number of rotatable bonds is 3. The number of aryl methyl sites for hydroxylation is 1. The van der Waals surface area contributed by atoms with Crippen LogP contribution < -0.4 is 10.1 Å². The van der Waals surface area contributed by atoms with Crippen molar-refractivity contribution in [3.8, 4) is 5.88 Å². The van der Waals surface area contributed by atoms with Gasteiger partial charge in [-0.25, -0.2) is 4.68 Å². The number of aromatic nitrogens is 2. The number of carbonyl (C=O) groups is 1. The molecule has 3 rings (SSSR count). The van der Waals surface area contributed by atoms with Crippen LogP contribution in [0, 0.1) is 0 Å². The predicted molar refractivity (Wildman–Crippen MR) is 66.5 cm³/mol. The molecule has 0 aromatic carbocycles. The lowest BCUT2D eigenvalue weighted by Gasteiger charge is -2.20. The van der Waals surface area contributed by atoms with E-state index < -0.39 is 0 Å². The van der Waals surface area contributed by atoms with Gasteiger partial charge < -0.3 is 15.0 Å². The van der Waals surface area contributed by atoms with Crippen molar-refractivity contribution in [3.63, 3.8) is 0 Å². The molecule has 0 aliphatic carbocycles. The third kappa shape index (κ3) is 1.72. The molecular formula is C12H18N4O2. The van der Waals surface area contributed by atoms with Crippen LogP contribution in [-0.2, 0) is 11.8 Å². The van der Waals surface area contributed by atoms with Crippen molar-refractivity contribution in [2.45, 2.75) is 31.3 Å². The SMILES string of the molecule is COc1cc(NC2CC(=O)N3CCCC23)nn1C. The van der Waals surface area contributed by atoms with Gasteiger partial charge in [0, 0.05) is 26.1 Å². The Labute approximate surface area is 106 Å². The van der Waals surface area contributed by atoms with Crippen molar-refractivity contribution in [3.05, 3.63) is 6.07 Å². The first-order chi connectivity index (χ1) is 8.69. The highest BCUT2D eigenvalue weighted by molar-refractivity contribution is 5.81. The van der Waals surface area contributed by atoms with Gasteiger partial charge in [0.1, 0.15) is 0 Å². The molecule has 2 aliphatic heterocycles. The number of carbonyl (C=O) groups excluding carboxylic acids is 1. The third-order valence-corrected chi connectivity index (χ3v) is 3.86. The molecule has 6 heteroatoms. The summed E-state index contributed by atoms with van der Waals surface area (Å²) in [6.07, 6.45) is 2.77. The molecule has 98 valence electrons. The number of anilines is 1. The summed E-state index contributed by atoms with van der Waals surface area (Å²) in [7, 11) is 3.46. The average Bonchev–Trinajstić information content (AvgIpc) is 2.99. The molecule has 2 atom stereocenters. The second-order valence-electron chi connectivity index (χ2n) is 4.95. The summed E-state index contributed by atoms with van der Waals surface area (Å²) in [6, 6.07) is 2.38. The van der Waals surface area contributed by atoms with E-state index in [1.54, 1.807) is 11.8 Å². The summed E-state index contributed by atoms with van der Waals surface area (Å²) in [5.74, 6) is 1.75. The Morgan fingerprint density at radius 2 is 2.39 bits per heavy atom. The Bertz CT molecular complexity index is 471. The summed E-state index contributed by atoms with van der Waals surface area (Å²) in [5, 5.41) is 7.70. The Balaban J connectivity index is 1.74. The molecule has 0 spiro atoms. The molecule has 2 saturated heterocycles. The topological polar surface area (TPSA) is 59.4 Å². The number of ether oxygens (including phenoxy) is 1. The van der Waals surface area contributed by atoms with Gasteiger partial charge in [-0.05, 0) is 12.8 Å². The normalized spacial score (nSPS) is 26.6. The molecule has 0 bridgehead atoms. The van der Waals surface area contributed by atoms with Gasteiger partial charge in [-0.1, -0.05) is 0 Å². The fourth-order valence-electron chi connectivity index (χ4n) is 3.01. The van der Waals surface area contributed by atoms with Crippen LogP contribution in [-0.4, -0.2) is 46.3 Å². The van der Waals surface area contributed by atoms with E-state index >= 15 is 0 Å². The highest BCUT2D eigenvalue weighted by Gasteiger charge is 2.42. The van der Waals surface area contributed by atoms with Crippen molar-refractivity contribution in [2.24, 2.45) is 7.05 Å². The van der Waals surface area contributed by atoms with Crippen molar-refractivity contribution in [2.75, 3.05) is 19.0 Å².